The molecule has 0 unspecified atom stereocenters. The molecule has 0 radical (unpaired) electrons. The Kier molecular flexibility index (Phi) is 4.31. The molecular weight excluding hydrogens is 350 g/mol. The van der Waals surface area contributed by atoms with Crippen molar-refractivity contribution in [1.82, 2.24) is 0 Å². The molecule has 1 amide bonds. The Morgan fingerprint density at radius 3 is 2.75 bits per heavy atom. The zero-order valence-electron chi connectivity index (χ0n) is 9.93. The van der Waals surface area contributed by atoms with Crippen molar-refractivity contribution < 1.29 is 14.4 Å². The zero-order chi connectivity index (χ0) is 14.7. The standard InChI is InChI=1S/C12H9BrClN3O3/c13-10-4-3-9(20-10)12(18)16-8-5-6(11(15)17-19)1-2-7(8)14/h1-5,19H,(H2,15,17)(H,16,18). The Morgan fingerprint density at radius 2 is 2.15 bits per heavy atom. The minimum absolute atomic E-state index is 0.0853. The van der Waals surface area contributed by atoms with Crippen molar-refractivity contribution in [3.05, 3.63) is 51.3 Å². The van der Waals surface area contributed by atoms with Crippen molar-refractivity contribution in [3.8, 4) is 0 Å². The number of halogens is 2. The van der Waals surface area contributed by atoms with Gasteiger partial charge in [-0.15, -0.1) is 0 Å². The monoisotopic (exact) mass is 357 g/mol. The Balaban J connectivity index is 2.26. The van der Waals surface area contributed by atoms with Crippen LogP contribution in [0.25, 0.3) is 0 Å². The van der Waals surface area contributed by atoms with Gasteiger partial charge in [0, 0.05) is 5.56 Å². The molecular formula is C12H9BrClN3O3. The first-order chi connectivity index (χ1) is 9.51. The number of furan rings is 1. The van der Waals surface area contributed by atoms with Crippen LogP contribution in [-0.2, 0) is 0 Å². The van der Waals surface area contributed by atoms with Crippen LogP contribution in [0.4, 0.5) is 5.69 Å². The van der Waals surface area contributed by atoms with E-state index < -0.39 is 5.91 Å². The number of anilines is 1. The maximum atomic E-state index is 11.9. The molecule has 4 N–H and O–H groups in total. The van der Waals surface area contributed by atoms with Gasteiger partial charge in [0.1, 0.15) is 0 Å². The van der Waals surface area contributed by atoms with E-state index in [9.17, 15) is 4.79 Å². The van der Waals surface area contributed by atoms with Crippen LogP contribution >= 0.6 is 27.5 Å². The predicted molar refractivity (Wildman–Crippen MR) is 78.3 cm³/mol. The van der Waals surface area contributed by atoms with Gasteiger partial charge in [-0.25, -0.2) is 0 Å². The number of amides is 1. The van der Waals surface area contributed by atoms with Gasteiger partial charge < -0.3 is 20.7 Å². The van der Waals surface area contributed by atoms with Gasteiger partial charge in [-0.05, 0) is 46.3 Å². The van der Waals surface area contributed by atoms with Gasteiger partial charge in [0.15, 0.2) is 16.3 Å². The number of rotatable bonds is 3. The van der Waals surface area contributed by atoms with Gasteiger partial charge >= 0.3 is 0 Å². The lowest BCUT2D eigenvalue weighted by atomic mass is 10.2. The number of hydrogen-bond acceptors (Lipinski definition) is 4. The third-order valence-corrected chi connectivity index (χ3v) is 3.17. The number of nitrogens with two attached hydrogens (primary N) is 1. The van der Waals surface area contributed by atoms with Gasteiger partial charge in [0.25, 0.3) is 5.91 Å². The SMILES string of the molecule is N/C(=N/O)c1ccc(Cl)c(NC(=O)c2ccc(Br)o2)c1. The topological polar surface area (TPSA) is 101 Å². The summed E-state index contributed by atoms with van der Waals surface area (Å²) in [7, 11) is 0. The van der Waals surface area contributed by atoms with Crippen LogP contribution in [0.5, 0.6) is 0 Å². The summed E-state index contributed by atoms with van der Waals surface area (Å²) in [6, 6.07) is 7.70. The van der Waals surface area contributed by atoms with E-state index >= 15 is 0 Å². The smallest absolute Gasteiger partial charge is 0.291 e. The summed E-state index contributed by atoms with van der Waals surface area (Å²) in [5, 5.41) is 14.4. The molecule has 0 saturated heterocycles. The number of carbonyl (C=O) groups is 1. The first-order valence-electron chi connectivity index (χ1n) is 5.35. The average molecular weight is 359 g/mol. The van der Waals surface area contributed by atoms with Gasteiger partial charge in [0.2, 0.25) is 0 Å². The molecule has 2 aromatic rings. The lowest BCUT2D eigenvalue weighted by Crippen LogP contribution is -2.15. The van der Waals surface area contributed by atoms with Crippen LogP contribution in [0.15, 0.2) is 44.6 Å². The molecule has 20 heavy (non-hydrogen) atoms. The third kappa shape index (κ3) is 3.12. The summed E-state index contributed by atoms with van der Waals surface area (Å²) in [6.07, 6.45) is 0. The van der Waals surface area contributed by atoms with E-state index in [1.165, 1.54) is 18.2 Å². The van der Waals surface area contributed by atoms with Crippen molar-refractivity contribution in [2.45, 2.75) is 0 Å². The summed E-state index contributed by atoms with van der Waals surface area (Å²) in [6.45, 7) is 0. The first kappa shape index (κ1) is 14.4. The van der Waals surface area contributed by atoms with Crippen LogP contribution in [0.3, 0.4) is 0 Å². The Labute approximate surface area is 127 Å². The number of benzene rings is 1. The molecule has 8 heteroatoms. The number of oxime groups is 1. The van der Waals surface area contributed by atoms with Crippen molar-refractivity contribution in [1.29, 1.82) is 0 Å². The van der Waals surface area contributed by atoms with Crippen molar-refractivity contribution >= 4 is 45.0 Å². The number of hydrogen-bond donors (Lipinski definition) is 3. The van der Waals surface area contributed by atoms with Gasteiger partial charge in [-0.3, -0.25) is 4.79 Å². The average Bonchev–Trinajstić information content (AvgIpc) is 2.87. The molecule has 1 aromatic carbocycles. The highest BCUT2D eigenvalue weighted by Crippen LogP contribution is 2.24. The lowest BCUT2D eigenvalue weighted by Gasteiger charge is -2.07. The molecule has 2 rings (SSSR count). The summed E-state index contributed by atoms with van der Waals surface area (Å²) in [4.78, 5) is 11.9. The molecule has 0 atom stereocenters. The fourth-order valence-corrected chi connectivity index (χ4v) is 1.93. The minimum atomic E-state index is -0.464. The molecule has 0 aliphatic carbocycles. The predicted octanol–water partition coefficient (Wildman–Crippen LogP) is 3.04. The summed E-state index contributed by atoms with van der Waals surface area (Å²) in [5.74, 6) is -0.422. The van der Waals surface area contributed by atoms with E-state index in [0.717, 1.165) is 0 Å². The van der Waals surface area contributed by atoms with Gasteiger partial charge in [-0.1, -0.05) is 16.8 Å². The van der Waals surface area contributed by atoms with E-state index in [2.05, 4.69) is 26.4 Å². The van der Waals surface area contributed by atoms with Crippen LogP contribution in [0, 0.1) is 0 Å². The quantitative estimate of drug-likeness (QED) is 0.340. The molecule has 0 aliphatic heterocycles. The second kappa shape index (κ2) is 5.98. The Morgan fingerprint density at radius 1 is 1.40 bits per heavy atom. The summed E-state index contributed by atoms with van der Waals surface area (Å²) in [5.41, 5.74) is 6.23. The number of carbonyl (C=O) groups excluding carboxylic acids is 1. The molecule has 6 nitrogen and oxygen atoms in total. The molecule has 0 bridgehead atoms. The van der Waals surface area contributed by atoms with Gasteiger partial charge in [0.05, 0.1) is 10.7 Å². The lowest BCUT2D eigenvalue weighted by molar-refractivity contribution is 0.0995. The number of nitrogens with zero attached hydrogens (tertiary/aromatic N) is 1. The maximum absolute atomic E-state index is 11.9. The largest absolute Gasteiger partial charge is 0.444 e. The zero-order valence-corrected chi connectivity index (χ0v) is 12.3. The Hall–Kier alpha value is -1.99. The highest BCUT2D eigenvalue weighted by molar-refractivity contribution is 9.10. The number of amidine groups is 1. The second-order valence-electron chi connectivity index (χ2n) is 3.74. The van der Waals surface area contributed by atoms with Gasteiger partial charge in [-0.2, -0.15) is 0 Å². The fraction of sp³-hybridized carbons (Fsp3) is 0. The van der Waals surface area contributed by atoms with Crippen LogP contribution in [0.1, 0.15) is 16.1 Å². The van der Waals surface area contributed by atoms with E-state index in [0.29, 0.717) is 20.9 Å². The summed E-state index contributed by atoms with van der Waals surface area (Å²) >= 11 is 9.09. The number of nitrogens with one attached hydrogen (secondary N) is 1. The molecule has 1 aromatic heterocycles. The molecule has 0 spiro atoms. The highest BCUT2D eigenvalue weighted by atomic mass is 79.9. The fourth-order valence-electron chi connectivity index (χ4n) is 1.46. The minimum Gasteiger partial charge on any atom is -0.444 e. The van der Waals surface area contributed by atoms with E-state index in [1.54, 1.807) is 12.1 Å². The molecule has 0 aliphatic rings. The maximum Gasteiger partial charge on any atom is 0.291 e. The molecule has 0 fully saturated rings. The van der Waals surface area contributed by atoms with Crippen LogP contribution in [-0.4, -0.2) is 17.0 Å². The second-order valence-corrected chi connectivity index (χ2v) is 4.93. The summed E-state index contributed by atoms with van der Waals surface area (Å²) < 4.78 is 5.57. The molecule has 104 valence electrons. The van der Waals surface area contributed by atoms with Crippen LogP contribution < -0.4 is 11.1 Å². The van der Waals surface area contributed by atoms with E-state index in [-0.39, 0.29) is 11.6 Å². The highest BCUT2D eigenvalue weighted by Gasteiger charge is 2.13. The van der Waals surface area contributed by atoms with Crippen molar-refractivity contribution in [2.75, 3.05) is 5.32 Å². The Bertz CT molecular complexity index is 684. The van der Waals surface area contributed by atoms with Crippen molar-refractivity contribution in [3.63, 3.8) is 0 Å². The normalized spacial score (nSPS) is 11.4. The molecule has 1 heterocycles. The first-order valence-corrected chi connectivity index (χ1v) is 6.52. The molecule has 0 saturated carbocycles. The van der Waals surface area contributed by atoms with E-state index in [4.69, 9.17) is 27.0 Å². The van der Waals surface area contributed by atoms with E-state index in [1.807, 2.05) is 0 Å². The third-order valence-electron chi connectivity index (χ3n) is 2.42. The van der Waals surface area contributed by atoms with Crippen molar-refractivity contribution in [2.24, 2.45) is 10.9 Å². The van der Waals surface area contributed by atoms with Crippen LogP contribution in [0.2, 0.25) is 5.02 Å².